The number of fused-ring (bicyclic) bond motifs is 1. The van der Waals surface area contributed by atoms with Crippen molar-refractivity contribution in [2.75, 3.05) is 44.2 Å². The largest absolute Gasteiger partial charge is 0.353 e. The highest BCUT2D eigenvalue weighted by molar-refractivity contribution is 7.89. The molecule has 3 aromatic rings. The minimum Gasteiger partial charge on any atom is -0.353 e. The third-order valence-electron chi connectivity index (χ3n) is 5.27. The number of anilines is 1. The fraction of sp³-hybridized carbons (Fsp3) is 0.381. The molecule has 0 radical (unpaired) electrons. The molecule has 154 valence electrons. The van der Waals surface area contributed by atoms with Gasteiger partial charge in [-0.15, -0.1) is 0 Å². The van der Waals surface area contributed by atoms with Crippen LogP contribution in [-0.4, -0.2) is 57.0 Å². The summed E-state index contributed by atoms with van der Waals surface area (Å²) in [5, 5.41) is 1.23. The maximum atomic E-state index is 12.4. The fourth-order valence-electron chi connectivity index (χ4n) is 3.66. The van der Waals surface area contributed by atoms with Crippen molar-refractivity contribution in [1.29, 1.82) is 0 Å². The van der Waals surface area contributed by atoms with Crippen molar-refractivity contribution < 1.29 is 8.42 Å². The molecule has 2 heterocycles. The number of aromatic nitrogens is 1. The summed E-state index contributed by atoms with van der Waals surface area (Å²) in [5.41, 5.74) is 0.943. The predicted molar refractivity (Wildman–Crippen MR) is 119 cm³/mol. The van der Waals surface area contributed by atoms with E-state index in [1.54, 1.807) is 29.7 Å². The Balaban J connectivity index is 1.23. The van der Waals surface area contributed by atoms with Gasteiger partial charge in [0.05, 0.1) is 9.60 Å². The van der Waals surface area contributed by atoms with Crippen LogP contribution >= 0.6 is 11.5 Å². The van der Waals surface area contributed by atoms with E-state index in [0.717, 1.165) is 50.5 Å². The van der Waals surface area contributed by atoms with Crippen LogP contribution in [0.25, 0.3) is 10.1 Å². The predicted octanol–water partition coefficient (Wildman–Crippen LogP) is 3.10. The van der Waals surface area contributed by atoms with Crippen LogP contribution in [0.3, 0.4) is 0 Å². The Morgan fingerprint density at radius 2 is 1.86 bits per heavy atom. The second-order valence-electron chi connectivity index (χ2n) is 7.40. The molecule has 4 rings (SSSR count). The van der Waals surface area contributed by atoms with Crippen molar-refractivity contribution in [3.63, 3.8) is 0 Å². The van der Waals surface area contributed by atoms with E-state index in [4.69, 9.17) is 0 Å². The maximum Gasteiger partial charge on any atom is 0.240 e. The molecule has 8 heteroatoms. The second-order valence-corrected chi connectivity index (χ2v) is 9.97. The first-order chi connectivity index (χ1) is 14.0. The highest BCUT2D eigenvalue weighted by atomic mass is 32.2. The zero-order chi connectivity index (χ0) is 20.3. The first-order valence-electron chi connectivity index (χ1n) is 9.91. The van der Waals surface area contributed by atoms with Crippen LogP contribution in [0.2, 0.25) is 0 Å². The Hall–Kier alpha value is -2.00. The zero-order valence-electron chi connectivity index (χ0n) is 16.5. The van der Waals surface area contributed by atoms with Crippen molar-refractivity contribution in [3.8, 4) is 0 Å². The second kappa shape index (κ2) is 8.79. The van der Waals surface area contributed by atoms with Crippen molar-refractivity contribution in [3.05, 3.63) is 54.1 Å². The number of benzene rings is 2. The molecular weight excluding hydrogens is 404 g/mol. The molecule has 0 bridgehead atoms. The smallest absolute Gasteiger partial charge is 0.240 e. The molecule has 2 aromatic carbocycles. The molecule has 1 aromatic heterocycles. The van der Waals surface area contributed by atoms with Gasteiger partial charge in [-0.3, -0.25) is 4.90 Å². The van der Waals surface area contributed by atoms with Gasteiger partial charge in [-0.05, 0) is 61.3 Å². The number of nitrogens with zero attached hydrogens (tertiary/aromatic N) is 3. The summed E-state index contributed by atoms with van der Waals surface area (Å²) in [7, 11) is -3.43. The van der Waals surface area contributed by atoms with Gasteiger partial charge in [-0.2, -0.15) is 4.37 Å². The molecule has 0 saturated carbocycles. The van der Waals surface area contributed by atoms with E-state index in [2.05, 4.69) is 43.2 Å². The number of sulfonamides is 1. The lowest BCUT2D eigenvalue weighted by molar-refractivity contribution is 0.255. The average Bonchev–Trinajstić information content (AvgIpc) is 3.16. The molecule has 6 nitrogen and oxygen atoms in total. The molecule has 1 N–H and O–H groups in total. The van der Waals surface area contributed by atoms with Gasteiger partial charge in [0.25, 0.3) is 0 Å². The van der Waals surface area contributed by atoms with Gasteiger partial charge >= 0.3 is 0 Å². The normalized spacial score (nSPS) is 15.8. The summed E-state index contributed by atoms with van der Waals surface area (Å²) >= 11 is 1.56. The molecule has 1 aliphatic heterocycles. The zero-order valence-corrected chi connectivity index (χ0v) is 18.2. The minimum absolute atomic E-state index is 0.335. The summed E-state index contributed by atoms with van der Waals surface area (Å²) in [6, 6.07) is 15.4. The van der Waals surface area contributed by atoms with E-state index < -0.39 is 10.0 Å². The Morgan fingerprint density at radius 3 is 2.66 bits per heavy atom. The maximum absolute atomic E-state index is 12.4. The first kappa shape index (κ1) is 20.3. The van der Waals surface area contributed by atoms with Crippen molar-refractivity contribution in [2.45, 2.75) is 18.2 Å². The Morgan fingerprint density at radius 1 is 1.07 bits per heavy atom. The fourth-order valence-corrected chi connectivity index (χ4v) is 5.63. The summed E-state index contributed by atoms with van der Waals surface area (Å²) < 4.78 is 33.4. The van der Waals surface area contributed by atoms with Crippen LogP contribution in [0.5, 0.6) is 0 Å². The topological polar surface area (TPSA) is 65.5 Å². The molecule has 29 heavy (non-hydrogen) atoms. The average molecular weight is 431 g/mol. The third kappa shape index (κ3) is 4.78. The van der Waals surface area contributed by atoms with E-state index in [0.29, 0.717) is 11.4 Å². The summed E-state index contributed by atoms with van der Waals surface area (Å²) in [5.74, 6) is 1.09. The molecule has 0 unspecified atom stereocenters. The first-order valence-corrected chi connectivity index (χ1v) is 12.2. The number of rotatable bonds is 7. The molecule has 0 amide bonds. The van der Waals surface area contributed by atoms with Gasteiger partial charge in [0.1, 0.15) is 5.82 Å². The van der Waals surface area contributed by atoms with Crippen LogP contribution in [0, 0.1) is 6.92 Å². The number of hydrogen-bond acceptors (Lipinski definition) is 6. The summed E-state index contributed by atoms with van der Waals surface area (Å²) in [6.07, 6.45) is 0.796. The van der Waals surface area contributed by atoms with Crippen molar-refractivity contribution in [2.24, 2.45) is 0 Å². The van der Waals surface area contributed by atoms with Gasteiger partial charge in [-0.25, -0.2) is 13.1 Å². The Bertz CT molecular complexity index is 1070. The van der Waals surface area contributed by atoms with E-state index >= 15 is 0 Å². The molecule has 0 aliphatic carbocycles. The van der Waals surface area contributed by atoms with Gasteiger partial charge in [-0.1, -0.05) is 24.3 Å². The molecule has 0 atom stereocenters. The van der Waals surface area contributed by atoms with Gasteiger partial charge < -0.3 is 4.90 Å². The number of hydrogen-bond donors (Lipinski definition) is 1. The number of aryl methyl sites for hydroxylation is 1. The number of nitrogens with one attached hydrogen (secondary N) is 1. The monoisotopic (exact) mass is 430 g/mol. The molecule has 1 aliphatic rings. The third-order valence-corrected chi connectivity index (χ3v) is 7.55. The SMILES string of the molecule is Cc1cccc(S(=O)(=O)NCCCN2CCN(c3nsc4ccccc34)CC2)c1. The van der Waals surface area contributed by atoms with Crippen LogP contribution in [0.1, 0.15) is 12.0 Å². The summed E-state index contributed by atoms with van der Waals surface area (Å²) in [6.45, 7) is 7.07. The quantitative estimate of drug-likeness (QED) is 0.584. The van der Waals surface area contributed by atoms with Crippen molar-refractivity contribution in [1.82, 2.24) is 14.0 Å². The lowest BCUT2D eigenvalue weighted by Gasteiger charge is -2.35. The van der Waals surface area contributed by atoms with Crippen LogP contribution in [0.4, 0.5) is 5.82 Å². The minimum atomic E-state index is -3.43. The molecule has 1 fully saturated rings. The lowest BCUT2D eigenvalue weighted by Crippen LogP contribution is -2.47. The van der Waals surface area contributed by atoms with E-state index in [9.17, 15) is 8.42 Å². The van der Waals surface area contributed by atoms with Crippen LogP contribution in [-0.2, 0) is 10.0 Å². The highest BCUT2D eigenvalue weighted by Gasteiger charge is 2.20. The summed E-state index contributed by atoms with van der Waals surface area (Å²) in [4.78, 5) is 5.09. The van der Waals surface area contributed by atoms with Gasteiger partial charge in [0, 0.05) is 38.1 Å². The molecular formula is C21H26N4O2S2. The van der Waals surface area contributed by atoms with E-state index in [1.165, 1.54) is 10.1 Å². The van der Waals surface area contributed by atoms with Crippen LogP contribution in [0.15, 0.2) is 53.4 Å². The molecule has 0 spiro atoms. The Kier molecular flexibility index (Phi) is 6.15. The van der Waals surface area contributed by atoms with Crippen molar-refractivity contribution >= 4 is 37.5 Å². The van der Waals surface area contributed by atoms with Crippen LogP contribution < -0.4 is 9.62 Å². The van der Waals surface area contributed by atoms with E-state index in [-0.39, 0.29) is 0 Å². The number of piperazine rings is 1. The highest BCUT2D eigenvalue weighted by Crippen LogP contribution is 2.29. The van der Waals surface area contributed by atoms with E-state index in [1.807, 2.05) is 13.0 Å². The Labute approximate surface area is 176 Å². The van der Waals surface area contributed by atoms with Gasteiger partial charge in [0.15, 0.2) is 0 Å². The lowest BCUT2D eigenvalue weighted by atomic mass is 10.2. The van der Waals surface area contributed by atoms with Gasteiger partial charge in [0.2, 0.25) is 10.0 Å². The molecule has 1 saturated heterocycles. The standard InChI is InChI=1S/C21H26N4O2S2/c1-17-6-4-7-18(16-17)29(26,27)22-10-5-11-24-12-14-25(15-13-24)21-19-8-2-3-9-20(19)28-23-21/h2-4,6-9,16,22H,5,10-15H2,1H3.